The monoisotopic (exact) mass is 304 g/mol. The molecule has 2 amide bonds. The lowest BCUT2D eigenvalue weighted by Gasteiger charge is -2.23. The van der Waals surface area contributed by atoms with Crippen molar-refractivity contribution in [1.82, 2.24) is 4.90 Å². The molecule has 5 heteroatoms. The van der Waals surface area contributed by atoms with Crippen molar-refractivity contribution < 1.29 is 14.7 Å². The number of amides is 2. The quantitative estimate of drug-likeness (QED) is 0.896. The fourth-order valence-electron chi connectivity index (χ4n) is 2.56. The summed E-state index contributed by atoms with van der Waals surface area (Å²) in [7, 11) is 0. The molecule has 1 atom stereocenters. The molecule has 120 valence electrons. The summed E-state index contributed by atoms with van der Waals surface area (Å²) in [5, 5.41) is 11.8. The first-order chi connectivity index (χ1) is 10.3. The lowest BCUT2D eigenvalue weighted by Crippen LogP contribution is -2.33. The van der Waals surface area contributed by atoms with Gasteiger partial charge in [-0.2, -0.15) is 0 Å². The van der Waals surface area contributed by atoms with Gasteiger partial charge < -0.3 is 15.3 Å². The maximum atomic E-state index is 12.1. The number of carbonyl (C=O) groups excluding carboxylic acids is 1. The van der Waals surface area contributed by atoms with Crippen LogP contribution in [0.3, 0.4) is 0 Å². The summed E-state index contributed by atoms with van der Waals surface area (Å²) in [5.74, 6) is -1.28. The van der Waals surface area contributed by atoms with E-state index in [0.29, 0.717) is 13.0 Å². The SMILES string of the molecule is CCC(C)(C)c1ccc(NC(=O)N2CCC(C(=O)O)C2)cc1. The molecule has 2 rings (SSSR count). The summed E-state index contributed by atoms with van der Waals surface area (Å²) in [6.45, 7) is 7.31. The zero-order valence-corrected chi connectivity index (χ0v) is 13.4. The van der Waals surface area contributed by atoms with Gasteiger partial charge in [-0.25, -0.2) is 4.79 Å². The minimum absolute atomic E-state index is 0.117. The van der Waals surface area contributed by atoms with E-state index in [9.17, 15) is 9.59 Å². The molecule has 0 spiro atoms. The van der Waals surface area contributed by atoms with Gasteiger partial charge in [0.1, 0.15) is 0 Å². The Labute approximate surface area is 131 Å². The molecular weight excluding hydrogens is 280 g/mol. The molecule has 1 aliphatic heterocycles. The number of benzene rings is 1. The third-order valence-corrected chi connectivity index (χ3v) is 4.63. The molecule has 0 saturated carbocycles. The van der Waals surface area contributed by atoms with Gasteiger partial charge in [0, 0.05) is 18.8 Å². The van der Waals surface area contributed by atoms with E-state index >= 15 is 0 Å². The summed E-state index contributed by atoms with van der Waals surface area (Å²) in [4.78, 5) is 24.6. The van der Waals surface area contributed by atoms with E-state index in [-0.39, 0.29) is 18.0 Å². The number of likely N-dealkylation sites (tertiary alicyclic amines) is 1. The number of carbonyl (C=O) groups is 2. The molecule has 1 saturated heterocycles. The van der Waals surface area contributed by atoms with Gasteiger partial charge in [-0.15, -0.1) is 0 Å². The normalized spacial score (nSPS) is 18.3. The molecule has 2 N–H and O–H groups in total. The van der Waals surface area contributed by atoms with E-state index in [0.717, 1.165) is 12.1 Å². The average Bonchev–Trinajstić information content (AvgIpc) is 2.98. The smallest absolute Gasteiger partial charge is 0.321 e. The fourth-order valence-corrected chi connectivity index (χ4v) is 2.56. The Bertz CT molecular complexity index is 552. The molecular formula is C17H24N2O3. The molecule has 1 unspecified atom stereocenters. The summed E-state index contributed by atoms with van der Waals surface area (Å²) in [6.07, 6.45) is 1.56. The highest BCUT2D eigenvalue weighted by atomic mass is 16.4. The molecule has 0 aliphatic carbocycles. The van der Waals surface area contributed by atoms with Gasteiger partial charge in [-0.05, 0) is 36.0 Å². The van der Waals surface area contributed by atoms with Crippen LogP contribution in [0.1, 0.15) is 39.2 Å². The number of aliphatic carboxylic acids is 1. The number of hydrogen-bond acceptors (Lipinski definition) is 2. The molecule has 0 bridgehead atoms. The summed E-state index contributed by atoms with van der Waals surface area (Å²) >= 11 is 0. The lowest BCUT2D eigenvalue weighted by atomic mass is 9.82. The van der Waals surface area contributed by atoms with Crippen LogP contribution in [0.15, 0.2) is 24.3 Å². The van der Waals surface area contributed by atoms with Crippen molar-refractivity contribution >= 4 is 17.7 Å². The molecule has 1 aromatic rings. The number of hydrogen-bond donors (Lipinski definition) is 2. The van der Waals surface area contributed by atoms with Gasteiger partial charge in [0.15, 0.2) is 0 Å². The van der Waals surface area contributed by atoms with Gasteiger partial charge in [0.25, 0.3) is 0 Å². The van der Waals surface area contributed by atoms with Crippen LogP contribution < -0.4 is 5.32 Å². The topological polar surface area (TPSA) is 69.6 Å². The van der Waals surface area contributed by atoms with Gasteiger partial charge in [-0.1, -0.05) is 32.9 Å². The van der Waals surface area contributed by atoms with Crippen LogP contribution in [0.5, 0.6) is 0 Å². The van der Waals surface area contributed by atoms with Crippen LogP contribution in [0.2, 0.25) is 0 Å². The van der Waals surface area contributed by atoms with Gasteiger partial charge in [0.2, 0.25) is 0 Å². The molecule has 1 fully saturated rings. The first kappa shape index (κ1) is 16.3. The third-order valence-electron chi connectivity index (χ3n) is 4.63. The van der Waals surface area contributed by atoms with E-state index in [4.69, 9.17) is 5.11 Å². The van der Waals surface area contributed by atoms with Crippen molar-refractivity contribution in [2.24, 2.45) is 5.92 Å². The first-order valence-corrected chi connectivity index (χ1v) is 7.73. The Balaban J connectivity index is 1.97. The van der Waals surface area contributed by atoms with Crippen molar-refractivity contribution in [1.29, 1.82) is 0 Å². The van der Waals surface area contributed by atoms with Crippen LogP contribution in [0, 0.1) is 5.92 Å². The van der Waals surface area contributed by atoms with E-state index < -0.39 is 11.9 Å². The highest BCUT2D eigenvalue weighted by Crippen LogP contribution is 2.27. The maximum Gasteiger partial charge on any atom is 0.321 e. The Hall–Kier alpha value is -2.04. The number of rotatable bonds is 4. The molecule has 5 nitrogen and oxygen atoms in total. The number of nitrogens with zero attached hydrogens (tertiary/aromatic N) is 1. The van der Waals surface area contributed by atoms with E-state index in [1.807, 2.05) is 24.3 Å². The highest BCUT2D eigenvalue weighted by Gasteiger charge is 2.30. The standard InChI is InChI=1S/C17H24N2O3/c1-4-17(2,3)13-5-7-14(8-6-13)18-16(22)19-10-9-12(11-19)15(20)21/h5-8,12H,4,9-11H2,1-3H3,(H,18,22)(H,20,21). The Kier molecular flexibility index (Phi) is 4.74. The second kappa shape index (κ2) is 6.38. The van der Waals surface area contributed by atoms with Crippen LogP contribution in [-0.4, -0.2) is 35.1 Å². The second-order valence-corrected chi connectivity index (χ2v) is 6.51. The highest BCUT2D eigenvalue weighted by molar-refractivity contribution is 5.90. The van der Waals surface area contributed by atoms with Crippen LogP contribution >= 0.6 is 0 Å². The second-order valence-electron chi connectivity index (χ2n) is 6.51. The van der Waals surface area contributed by atoms with E-state index in [1.54, 1.807) is 4.90 Å². The molecule has 0 aromatic heterocycles. The molecule has 22 heavy (non-hydrogen) atoms. The molecule has 1 aliphatic rings. The minimum atomic E-state index is -0.832. The third kappa shape index (κ3) is 3.59. The van der Waals surface area contributed by atoms with Crippen molar-refractivity contribution in [3.8, 4) is 0 Å². The Morgan fingerprint density at radius 2 is 1.95 bits per heavy atom. The van der Waals surface area contributed by atoms with Gasteiger partial charge in [0.05, 0.1) is 5.92 Å². The van der Waals surface area contributed by atoms with E-state index in [1.165, 1.54) is 5.56 Å². The van der Waals surface area contributed by atoms with Crippen LogP contribution in [0.4, 0.5) is 10.5 Å². The number of anilines is 1. The molecule has 0 radical (unpaired) electrons. The molecule has 1 aromatic carbocycles. The van der Waals surface area contributed by atoms with Gasteiger partial charge in [-0.3, -0.25) is 4.79 Å². The number of carboxylic acid groups (broad SMARTS) is 1. The lowest BCUT2D eigenvalue weighted by molar-refractivity contribution is -0.141. The van der Waals surface area contributed by atoms with Crippen molar-refractivity contribution in [2.75, 3.05) is 18.4 Å². The summed E-state index contributed by atoms with van der Waals surface area (Å²) < 4.78 is 0. The number of urea groups is 1. The predicted molar refractivity (Wildman–Crippen MR) is 86.1 cm³/mol. The largest absolute Gasteiger partial charge is 0.481 e. The number of carboxylic acids is 1. The zero-order valence-electron chi connectivity index (χ0n) is 13.4. The maximum absolute atomic E-state index is 12.1. The van der Waals surface area contributed by atoms with Crippen molar-refractivity contribution in [3.05, 3.63) is 29.8 Å². The van der Waals surface area contributed by atoms with Crippen LogP contribution in [0.25, 0.3) is 0 Å². The average molecular weight is 304 g/mol. The Morgan fingerprint density at radius 1 is 1.32 bits per heavy atom. The van der Waals surface area contributed by atoms with Crippen molar-refractivity contribution in [3.63, 3.8) is 0 Å². The number of nitrogens with one attached hydrogen (secondary N) is 1. The van der Waals surface area contributed by atoms with E-state index in [2.05, 4.69) is 26.1 Å². The van der Waals surface area contributed by atoms with Gasteiger partial charge >= 0.3 is 12.0 Å². The van der Waals surface area contributed by atoms with Crippen molar-refractivity contribution in [2.45, 2.75) is 39.0 Å². The predicted octanol–water partition coefficient (Wildman–Crippen LogP) is 3.31. The Morgan fingerprint density at radius 3 is 2.45 bits per heavy atom. The first-order valence-electron chi connectivity index (χ1n) is 7.73. The summed E-state index contributed by atoms with van der Waals surface area (Å²) in [5.41, 5.74) is 2.09. The van der Waals surface area contributed by atoms with Crippen LogP contribution in [-0.2, 0) is 10.2 Å². The summed E-state index contributed by atoms with van der Waals surface area (Å²) in [6, 6.07) is 7.63. The minimum Gasteiger partial charge on any atom is -0.481 e. The fraction of sp³-hybridized carbons (Fsp3) is 0.529. The molecule has 1 heterocycles. The zero-order chi connectivity index (χ0) is 16.3.